The summed E-state index contributed by atoms with van der Waals surface area (Å²) in [5.74, 6) is 0. The van der Waals surface area contributed by atoms with Gasteiger partial charge in [-0.15, -0.1) is 0 Å². The van der Waals surface area contributed by atoms with E-state index in [9.17, 15) is 4.79 Å². The quantitative estimate of drug-likeness (QED) is 0.781. The van der Waals surface area contributed by atoms with E-state index in [4.69, 9.17) is 5.73 Å². The maximum atomic E-state index is 12.0. The lowest BCUT2D eigenvalue weighted by molar-refractivity contribution is 0.244. The molecule has 2 amide bonds. The van der Waals surface area contributed by atoms with Gasteiger partial charge in [-0.25, -0.2) is 9.78 Å². The molecule has 0 bridgehead atoms. The Hall–Kier alpha value is -1.30. The largest absolute Gasteiger partial charge is 0.389 e. The van der Waals surface area contributed by atoms with Crippen molar-refractivity contribution in [1.82, 2.24) is 10.3 Å². The average molecular weight is 296 g/mol. The van der Waals surface area contributed by atoms with E-state index in [-0.39, 0.29) is 11.4 Å². The van der Waals surface area contributed by atoms with Crippen molar-refractivity contribution in [3.8, 4) is 0 Å². The maximum absolute atomic E-state index is 12.0. The summed E-state index contributed by atoms with van der Waals surface area (Å²) in [7, 11) is 0. The van der Waals surface area contributed by atoms with Crippen LogP contribution >= 0.6 is 11.3 Å². The van der Waals surface area contributed by atoms with Gasteiger partial charge in [0.1, 0.15) is 5.00 Å². The summed E-state index contributed by atoms with van der Waals surface area (Å²) in [6.07, 6.45) is 5.81. The minimum Gasteiger partial charge on any atom is -0.389 e. The number of carbonyl (C=O) groups excluding carboxylic acids is 1. The Bertz CT molecular complexity index is 472. The smallest absolute Gasteiger partial charge is 0.321 e. The maximum Gasteiger partial charge on any atom is 0.321 e. The molecule has 1 aliphatic rings. The normalized spacial score (nSPS) is 16.9. The van der Waals surface area contributed by atoms with Crippen LogP contribution in [0.3, 0.4) is 0 Å². The topological polar surface area (TPSA) is 80.0 Å². The van der Waals surface area contributed by atoms with Crippen LogP contribution in [0, 0.1) is 0 Å². The van der Waals surface area contributed by atoms with Crippen molar-refractivity contribution in [2.45, 2.75) is 64.3 Å². The van der Waals surface area contributed by atoms with E-state index in [0.29, 0.717) is 16.2 Å². The Morgan fingerprint density at radius 1 is 1.30 bits per heavy atom. The third kappa shape index (κ3) is 3.85. The van der Waals surface area contributed by atoms with Crippen molar-refractivity contribution < 1.29 is 4.79 Å². The van der Waals surface area contributed by atoms with Gasteiger partial charge in [0.05, 0.1) is 5.69 Å². The van der Waals surface area contributed by atoms with Crippen LogP contribution in [0.5, 0.6) is 0 Å². The van der Waals surface area contributed by atoms with Crippen molar-refractivity contribution in [2.24, 2.45) is 0 Å². The van der Waals surface area contributed by atoms with Gasteiger partial charge in [-0.2, -0.15) is 0 Å². The highest BCUT2D eigenvalue weighted by Gasteiger charge is 2.23. The molecule has 0 aliphatic heterocycles. The van der Waals surface area contributed by atoms with Crippen LogP contribution in [0.4, 0.5) is 14.9 Å². The van der Waals surface area contributed by atoms with E-state index in [0.717, 1.165) is 18.5 Å². The number of hydrogen-bond donors (Lipinski definition) is 3. The number of thiazole rings is 1. The minimum atomic E-state index is -0.175. The Morgan fingerprint density at radius 2 is 1.95 bits per heavy atom. The molecule has 2 rings (SSSR count). The first kappa shape index (κ1) is 15.1. The fourth-order valence-corrected chi connectivity index (χ4v) is 3.43. The van der Waals surface area contributed by atoms with Gasteiger partial charge in [-0.05, 0) is 12.8 Å². The number of nitrogens with one attached hydrogen (secondary N) is 2. The Balaban J connectivity index is 1.94. The number of nitrogens with zero attached hydrogens (tertiary/aromatic N) is 1. The third-order valence-electron chi connectivity index (χ3n) is 3.52. The molecular formula is C14H24N4OS. The van der Waals surface area contributed by atoms with E-state index in [1.165, 1.54) is 30.6 Å². The molecule has 1 aliphatic carbocycles. The lowest BCUT2D eigenvalue weighted by atomic mass is 9.93. The van der Waals surface area contributed by atoms with Gasteiger partial charge in [-0.1, -0.05) is 51.4 Å². The summed E-state index contributed by atoms with van der Waals surface area (Å²) in [6, 6.07) is 0.120. The molecule has 0 atom stereocenters. The molecule has 1 saturated carbocycles. The first-order valence-electron chi connectivity index (χ1n) is 7.20. The van der Waals surface area contributed by atoms with Gasteiger partial charge in [0, 0.05) is 11.5 Å². The molecule has 1 fully saturated rings. The van der Waals surface area contributed by atoms with Crippen LogP contribution in [-0.4, -0.2) is 17.1 Å². The van der Waals surface area contributed by atoms with Crippen LogP contribution in [-0.2, 0) is 5.41 Å². The standard InChI is InChI=1S/C14H24N4OS/c1-14(2,3)10-11(15)20-13(17-10)18-12(19)16-9-7-5-4-6-8-9/h9H,4-8,15H2,1-3H3,(H2,16,17,18,19). The number of carbonyl (C=O) groups is 1. The number of nitrogens with two attached hydrogens (primary N) is 1. The van der Waals surface area contributed by atoms with Crippen LogP contribution in [0.2, 0.25) is 0 Å². The van der Waals surface area contributed by atoms with E-state index in [1.54, 1.807) is 0 Å². The SMILES string of the molecule is CC(C)(C)c1nc(NC(=O)NC2CCCCC2)sc1N. The summed E-state index contributed by atoms with van der Waals surface area (Å²) in [4.78, 5) is 16.4. The lowest BCUT2D eigenvalue weighted by Gasteiger charge is -2.22. The van der Waals surface area contributed by atoms with Gasteiger partial charge in [0.25, 0.3) is 0 Å². The van der Waals surface area contributed by atoms with E-state index in [2.05, 4.69) is 36.4 Å². The minimum absolute atomic E-state index is 0.111. The molecule has 0 unspecified atom stereocenters. The third-order valence-corrected chi connectivity index (χ3v) is 4.32. The molecule has 6 heteroatoms. The predicted molar refractivity (Wildman–Crippen MR) is 84.3 cm³/mol. The van der Waals surface area contributed by atoms with Crippen LogP contribution < -0.4 is 16.4 Å². The van der Waals surface area contributed by atoms with E-state index >= 15 is 0 Å². The molecule has 112 valence electrons. The van der Waals surface area contributed by atoms with Crippen LogP contribution in [0.15, 0.2) is 0 Å². The molecule has 1 heterocycles. The summed E-state index contributed by atoms with van der Waals surface area (Å²) in [5, 5.41) is 7.05. The number of rotatable bonds is 2. The zero-order valence-electron chi connectivity index (χ0n) is 12.5. The second-order valence-electron chi connectivity index (χ2n) is 6.42. The van der Waals surface area contributed by atoms with Gasteiger partial charge < -0.3 is 11.1 Å². The molecule has 0 spiro atoms. The van der Waals surface area contributed by atoms with Crippen molar-refractivity contribution in [3.05, 3.63) is 5.69 Å². The zero-order valence-corrected chi connectivity index (χ0v) is 13.3. The second-order valence-corrected chi connectivity index (χ2v) is 7.45. The first-order valence-corrected chi connectivity index (χ1v) is 8.02. The van der Waals surface area contributed by atoms with Crippen LogP contribution in [0.1, 0.15) is 58.6 Å². The first-order chi connectivity index (χ1) is 9.36. The summed E-state index contributed by atoms with van der Waals surface area (Å²) in [6.45, 7) is 6.18. The molecule has 1 aromatic rings. The molecule has 0 aromatic carbocycles. The van der Waals surface area contributed by atoms with Crippen LogP contribution in [0.25, 0.3) is 0 Å². The fraction of sp³-hybridized carbons (Fsp3) is 0.714. The fourth-order valence-electron chi connectivity index (χ4n) is 2.49. The number of hydrogen-bond acceptors (Lipinski definition) is 4. The zero-order chi connectivity index (χ0) is 14.8. The highest BCUT2D eigenvalue weighted by Crippen LogP contribution is 2.33. The van der Waals surface area contributed by atoms with Crippen molar-refractivity contribution in [1.29, 1.82) is 0 Å². The summed E-state index contributed by atoms with van der Waals surface area (Å²) in [5.41, 5.74) is 6.70. The molecular weight excluding hydrogens is 272 g/mol. The number of aromatic nitrogens is 1. The van der Waals surface area contributed by atoms with Crippen molar-refractivity contribution in [3.63, 3.8) is 0 Å². The van der Waals surface area contributed by atoms with Gasteiger partial charge in [-0.3, -0.25) is 5.32 Å². The number of urea groups is 1. The summed E-state index contributed by atoms with van der Waals surface area (Å²) >= 11 is 1.33. The Kier molecular flexibility index (Phi) is 4.52. The van der Waals surface area contributed by atoms with Gasteiger partial charge >= 0.3 is 6.03 Å². The molecule has 0 saturated heterocycles. The Morgan fingerprint density at radius 3 is 2.50 bits per heavy atom. The van der Waals surface area contributed by atoms with E-state index < -0.39 is 0 Å². The number of anilines is 2. The molecule has 0 radical (unpaired) electrons. The summed E-state index contributed by atoms with van der Waals surface area (Å²) < 4.78 is 0. The van der Waals surface area contributed by atoms with Crippen molar-refractivity contribution >= 4 is 27.5 Å². The average Bonchev–Trinajstić information content (AvgIpc) is 2.71. The second kappa shape index (κ2) is 5.99. The molecule has 4 N–H and O–H groups in total. The van der Waals surface area contributed by atoms with Gasteiger partial charge in [0.2, 0.25) is 0 Å². The molecule has 1 aromatic heterocycles. The van der Waals surface area contributed by atoms with Crippen molar-refractivity contribution in [2.75, 3.05) is 11.1 Å². The number of amides is 2. The molecule has 5 nitrogen and oxygen atoms in total. The Labute approximate surface area is 124 Å². The number of nitrogen functional groups attached to an aromatic ring is 1. The predicted octanol–water partition coefficient (Wildman–Crippen LogP) is 3.48. The highest BCUT2D eigenvalue weighted by atomic mass is 32.1. The van der Waals surface area contributed by atoms with Gasteiger partial charge in [0.15, 0.2) is 5.13 Å². The highest BCUT2D eigenvalue weighted by molar-refractivity contribution is 7.19. The van der Waals surface area contributed by atoms with E-state index in [1.807, 2.05) is 0 Å². The lowest BCUT2D eigenvalue weighted by Crippen LogP contribution is -2.39. The monoisotopic (exact) mass is 296 g/mol. The molecule has 20 heavy (non-hydrogen) atoms.